The predicted molar refractivity (Wildman–Crippen MR) is 163 cm³/mol. The van der Waals surface area contributed by atoms with Gasteiger partial charge in [-0.2, -0.15) is 8.42 Å². The molecule has 0 aliphatic carbocycles. The summed E-state index contributed by atoms with van der Waals surface area (Å²) in [5.41, 5.74) is 0.956. The molecule has 3 nitrogen and oxygen atoms in total. The minimum absolute atomic E-state index is 0.0666. The molecule has 0 aliphatic rings. The minimum atomic E-state index is -4.02. The Morgan fingerprint density at radius 1 is 0.694 bits per heavy atom. The van der Waals surface area contributed by atoms with Crippen LogP contribution in [0.3, 0.4) is 0 Å². The molecule has 2 unspecified atom stereocenters. The molecule has 0 aromatic heterocycles. The highest BCUT2D eigenvalue weighted by atomic mass is 32.2. The van der Waals surface area contributed by atoms with Crippen molar-refractivity contribution in [2.24, 2.45) is 5.92 Å². The summed E-state index contributed by atoms with van der Waals surface area (Å²) in [4.78, 5) is -0.0666. The largest absolute Gasteiger partial charge is 0.294 e. The number of unbranched alkanes of at least 4 members (excludes halogenated alkanes) is 10. The Morgan fingerprint density at radius 2 is 1.11 bits per heavy atom. The molecule has 0 saturated carbocycles. The first-order chi connectivity index (χ1) is 17.1. The Bertz CT molecular complexity index is 723. The zero-order valence-corrected chi connectivity index (χ0v) is 26.3. The number of hydrogen-bond donors (Lipinski definition) is 1. The molecule has 1 rings (SSSR count). The van der Waals surface area contributed by atoms with Gasteiger partial charge in [-0.1, -0.05) is 135 Å². The van der Waals surface area contributed by atoms with Crippen LogP contribution in [0.25, 0.3) is 0 Å². The van der Waals surface area contributed by atoms with Crippen LogP contribution in [0, 0.1) is 12.8 Å². The molecule has 0 spiro atoms. The Hall–Kier alpha value is -0.440. The van der Waals surface area contributed by atoms with E-state index < -0.39 is 10.1 Å². The van der Waals surface area contributed by atoms with Crippen molar-refractivity contribution < 1.29 is 13.0 Å². The van der Waals surface area contributed by atoms with Crippen molar-refractivity contribution in [1.82, 2.24) is 0 Å². The van der Waals surface area contributed by atoms with Gasteiger partial charge in [0.1, 0.15) is 0 Å². The average Bonchev–Trinajstić information content (AvgIpc) is 2.85. The van der Waals surface area contributed by atoms with E-state index in [1.165, 1.54) is 128 Å². The predicted octanol–water partition coefficient (Wildman–Crippen LogP) is 10.6. The van der Waals surface area contributed by atoms with Crippen LogP contribution in [0.1, 0.15) is 149 Å². The SMILES string of the molecule is CCCCCCCCCCC(CCCC)C(P)(CCCC)CCCC.Cc1ccc(S(=O)(=O)O)cc1. The monoisotopic (exact) mass is 542 g/mol. The first kappa shape index (κ1) is 35.6. The van der Waals surface area contributed by atoms with Crippen molar-refractivity contribution in [3.63, 3.8) is 0 Å². The summed E-state index contributed by atoms with van der Waals surface area (Å²) in [6.45, 7) is 11.2. The summed E-state index contributed by atoms with van der Waals surface area (Å²) in [7, 11) is -0.643. The Balaban J connectivity index is 0.000000918. The van der Waals surface area contributed by atoms with Crippen LogP contribution in [0.2, 0.25) is 0 Å². The molecule has 2 atom stereocenters. The highest BCUT2D eigenvalue weighted by Gasteiger charge is 2.32. The van der Waals surface area contributed by atoms with Crippen molar-refractivity contribution in [2.45, 2.75) is 160 Å². The molecule has 212 valence electrons. The molecular weight excluding hydrogens is 483 g/mol. The average molecular weight is 543 g/mol. The third kappa shape index (κ3) is 17.1. The second kappa shape index (κ2) is 21.5. The number of benzene rings is 1. The van der Waals surface area contributed by atoms with E-state index in [9.17, 15) is 8.42 Å². The fourth-order valence-corrected chi connectivity index (χ4v) is 6.17. The van der Waals surface area contributed by atoms with Crippen LogP contribution in [-0.2, 0) is 10.1 Å². The lowest BCUT2D eigenvalue weighted by Crippen LogP contribution is -2.32. The van der Waals surface area contributed by atoms with E-state index in [-0.39, 0.29) is 4.90 Å². The third-order valence-corrected chi connectivity index (χ3v) is 9.35. The normalized spacial score (nSPS) is 12.8. The zero-order chi connectivity index (χ0) is 27.3. The number of rotatable bonds is 20. The molecule has 1 aromatic rings. The molecule has 1 N–H and O–H groups in total. The summed E-state index contributed by atoms with van der Waals surface area (Å²) in [5.74, 6) is 0.940. The van der Waals surface area contributed by atoms with Crippen molar-refractivity contribution >= 4 is 19.4 Å². The molecular formula is C31H59O3PS. The van der Waals surface area contributed by atoms with Gasteiger partial charge in [-0.15, -0.1) is 9.24 Å². The van der Waals surface area contributed by atoms with Crippen LogP contribution in [0.15, 0.2) is 29.2 Å². The van der Waals surface area contributed by atoms with E-state index in [0.717, 1.165) is 11.5 Å². The second-order valence-corrected chi connectivity index (χ2v) is 13.4. The Kier molecular flexibility index (Phi) is 21.2. The van der Waals surface area contributed by atoms with Gasteiger partial charge in [-0.05, 0) is 55.8 Å². The molecule has 0 saturated heterocycles. The topological polar surface area (TPSA) is 54.4 Å². The van der Waals surface area contributed by atoms with Crippen LogP contribution in [0.4, 0.5) is 0 Å². The van der Waals surface area contributed by atoms with Crippen LogP contribution >= 0.6 is 9.24 Å². The van der Waals surface area contributed by atoms with Crippen molar-refractivity contribution in [3.05, 3.63) is 29.8 Å². The van der Waals surface area contributed by atoms with E-state index in [2.05, 4.69) is 36.9 Å². The summed E-state index contributed by atoms with van der Waals surface area (Å²) < 4.78 is 29.6. The smallest absolute Gasteiger partial charge is 0.282 e. The molecule has 0 fully saturated rings. The lowest BCUT2D eigenvalue weighted by atomic mass is 9.77. The quantitative estimate of drug-likeness (QED) is 0.101. The highest BCUT2D eigenvalue weighted by Crippen LogP contribution is 2.43. The van der Waals surface area contributed by atoms with Crippen molar-refractivity contribution in [2.75, 3.05) is 0 Å². The number of aryl methyl sites for hydroxylation is 1. The molecule has 0 bridgehead atoms. The van der Waals surface area contributed by atoms with Gasteiger partial charge in [-0.3, -0.25) is 4.55 Å². The van der Waals surface area contributed by atoms with Crippen LogP contribution in [0.5, 0.6) is 0 Å². The van der Waals surface area contributed by atoms with Gasteiger partial charge < -0.3 is 0 Å². The molecule has 1 aromatic carbocycles. The van der Waals surface area contributed by atoms with E-state index in [4.69, 9.17) is 4.55 Å². The maximum atomic E-state index is 10.5. The minimum Gasteiger partial charge on any atom is -0.282 e. The van der Waals surface area contributed by atoms with Gasteiger partial charge in [0.15, 0.2) is 0 Å². The van der Waals surface area contributed by atoms with Gasteiger partial charge >= 0.3 is 0 Å². The van der Waals surface area contributed by atoms with Crippen molar-refractivity contribution in [1.29, 1.82) is 0 Å². The Labute approximate surface area is 228 Å². The summed E-state index contributed by atoms with van der Waals surface area (Å²) in [6.07, 6.45) is 25.7. The maximum absolute atomic E-state index is 10.5. The van der Waals surface area contributed by atoms with Gasteiger partial charge in [-0.25, -0.2) is 0 Å². The fourth-order valence-electron chi connectivity index (χ4n) is 4.95. The fraction of sp³-hybridized carbons (Fsp3) is 0.806. The van der Waals surface area contributed by atoms with Gasteiger partial charge in [0.2, 0.25) is 0 Å². The first-order valence-electron chi connectivity index (χ1n) is 15.0. The second-order valence-electron chi connectivity index (χ2n) is 10.8. The third-order valence-electron chi connectivity index (χ3n) is 7.44. The highest BCUT2D eigenvalue weighted by molar-refractivity contribution is 7.85. The van der Waals surface area contributed by atoms with Crippen molar-refractivity contribution in [3.8, 4) is 0 Å². The van der Waals surface area contributed by atoms with Gasteiger partial charge in [0.05, 0.1) is 4.90 Å². The van der Waals surface area contributed by atoms with Gasteiger partial charge in [0, 0.05) is 0 Å². The summed E-state index contributed by atoms with van der Waals surface area (Å²) in [6, 6.07) is 5.99. The summed E-state index contributed by atoms with van der Waals surface area (Å²) >= 11 is 0. The maximum Gasteiger partial charge on any atom is 0.294 e. The van der Waals surface area contributed by atoms with Gasteiger partial charge in [0.25, 0.3) is 10.1 Å². The first-order valence-corrected chi connectivity index (χ1v) is 17.0. The standard InChI is InChI=1S/C24H51P.C7H8O3S/c1-5-9-13-14-15-16-17-18-20-23(19-10-6-2)24(25,21-11-7-3)22-12-8-4;1-6-2-4-7(5-3-6)11(8,9)10/h23H,5-22,25H2,1-4H3;2-5H,1H3,(H,8,9,10). The van der Waals surface area contributed by atoms with Crippen LogP contribution < -0.4 is 0 Å². The van der Waals surface area contributed by atoms with E-state index in [1.54, 1.807) is 12.1 Å². The van der Waals surface area contributed by atoms with E-state index in [0.29, 0.717) is 5.16 Å². The molecule has 0 aliphatic heterocycles. The molecule has 5 heteroatoms. The molecule has 0 heterocycles. The molecule has 0 radical (unpaired) electrons. The van der Waals surface area contributed by atoms with E-state index in [1.807, 2.05) is 6.92 Å². The molecule has 0 amide bonds. The zero-order valence-electron chi connectivity index (χ0n) is 24.4. The lowest BCUT2D eigenvalue weighted by Gasteiger charge is -2.39. The summed E-state index contributed by atoms with van der Waals surface area (Å²) in [5, 5.41) is 0.530. The van der Waals surface area contributed by atoms with Crippen LogP contribution in [-0.4, -0.2) is 18.1 Å². The lowest BCUT2D eigenvalue weighted by molar-refractivity contribution is 0.274. The molecule has 36 heavy (non-hydrogen) atoms. The number of hydrogen-bond acceptors (Lipinski definition) is 2. The Morgan fingerprint density at radius 3 is 1.56 bits per heavy atom. The van der Waals surface area contributed by atoms with E-state index >= 15 is 0 Å².